The Morgan fingerprint density at radius 2 is 1.96 bits per heavy atom. The molecule has 24 heavy (non-hydrogen) atoms. The zero-order valence-corrected chi connectivity index (χ0v) is 13.7. The van der Waals surface area contributed by atoms with Gasteiger partial charge in [-0.25, -0.2) is 0 Å². The van der Waals surface area contributed by atoms with Crippen LogP contribution in [0.25, 0.3) is 11.4 Å². The molecular formula is C18H21N5O. The Labute approximate surface area is 141 Å². The summed E-state index contributed by atoms with van der Waals surface area (Å²) in [5.41, 5.74) is 0.881. The minimum atomic E-state index is 0.133. The maximum Gasteiger partial charge on any atom is 0.244 e. The van der Waals surface area contributed by atoms with Gasteiger partial charge in [-0.1, -0.05) is 5.16 Å². The van der Waals surface area contributed by atoms with E-state index < -0.39 is 0 Å². The average Bonchev–Trinajstić information content (AvgIpc) is 3.34. The molecule has 0 saturated carbocycles. The number of pyridine rings is 1. The molecule has 6 heteroatoms. The van der Waals surface area contributed by atoms with Gasteiger partial charge in [0.25, 0.3) is 0 Å². The second-order valence-electron chi connectivity index (χ2n) is 6.27. The Bertz CT molecular complexity index is 760. The van der Waals surface area contributed by atoms with Gasteiger partial charge in [0.1, 0.15) is 0 Å². The molecule has 124 valence electrons. The first-order valence-corrected chi connectivity index (χ1v) is 8.42. The van der Waals surface area contributed by atoms with Gasteiger partial charge in [0.2, 0.25) is 11.7 Å². The lowest BCUT2D eigenvalue weighted by molar-refractivity contribution is 0.122. The molecule has 3 aromatic heterocycles. The highest BCUT2D eigenvalue weighted by Crippen LogP contribution is 2.29. The molecule has 1 fully saturated rings. The summed E-state index contributed by atoms with van der Waals surface area (Å²) < 4.78 is 7.81. The topological polar surface area (TPSA) is 60.0 Å². The van der Waals surface area contributed by atoms with Crippen molar-refractivity contribution in [3.8, 4) is 11.4 Å². The Balaban J connectivity index is 1.42. The molecule has 0 aliphatic carbocycles. The zero-order valence-electron chi connectivity index (χ0n) is 13.7. The number of rotatable bonds is 4. The van der Waals surface area contributed by atoms with Crippen LogP contribution < -0.4 is 0 Å². The van der Waals surface area contributed by atoms with Gasteiger partial charge in [0, 0.05) is 49.5 Å². The molecule has 1 saturated heterocycles. The van der Waals surface area contributed by atoms with Crippen LogP contribution in [-0.2, 0) is 0 Å². The summed E-state index contributed by atoms with van der Waals surface area (Å²) in [6.07, 6.45) is 10.1. The number of hydrogen-bond donors (Lipinski definition) is 0. The maximum atomic E-state index is 5.50. The van der Waals surface area contributed by atoms with Crippen LogP contribution in [0.15, 0.2) is 53.6 Å². The van der Waals surface area contributed by atoms with E-state index in [-0.39, 0.29) is 6.04 Å². The van der Waals surface area contributed by atoms with E-state index in [1.807, 2.05) is 12.1 Å². The summed E-state index contributed by atoms with van der Waals surface area (Å²) >= 11 is 0. The second kappa shape index (κ2) is 6.57. The lowest BCUT2D eigenvalue weighted by atomic mass is 10.0. The van der Waals surface area contributed by atoms with E-state index in [4.69, 9.17) is 4.52 Å². The fraction of sp³-hybridized carbons (Fsp3) is 0.389. The zero-order chi connectivity index (χ0) is 16.4. The van der Waals surface area contributed by atoms with Crippen LogP contribution in [0.4, 0.5) is 0 Å². The van der Waals surface area contributed by atoms with Crippen molar-refractivity contribution >= 4 is 0 Å². The van der Waals surface area contributed by atoms with Crippen molar-refractivity contribution in [2.75, 3.05) is 13.1 Å². The van der Waals surface area contributed by atoms with Crippen molar-refractivity contribution in [3.63, 3.8) is 0 Å². The fourth-order valence-electron chi connectivity index (χ4n) is 3.34. The van der Waals surface area contributed by atoms with Crippen LogP contribution >= 0.6 is 0 Å². The van der Waals surface area contributed by atoms with Crippen molar-refractivity contribution in [2.24, 2.45) is 0 Å². The Kier molecular flexibility index (Phi) is 4.13. The summed E-state index contributed by atoms with van der Waals surface area (Å²) in [7, 11) is 0. The third-order valence-corrected chi connectivity index (χ3v) is 4.81. The molecule has 1 aliphatic rings. The molecular weight excluding hydrogens is 302 g/mol. The van der Waals surface area contributed by atoms with E-state index in [9.17, 15) is 0 Å². The van der Waals surface area contributed by atoms with E-state index in [1.165, 1.54) is 0 Å². The molecule has 4 heterocycles. The Morgan fingerprint density at radius 3 is 2.67 bits per heavy atom. The molecule has 0 N–H and O–H groups in total. The van der Waals surface area contributed by atoms with Crippen LogP contribution in [0, 0.1) is 0 Å². The molecule has 1 unspecified atom stereocenters. The number of piperidine rings is 1. The van der Waals surface area contributed by atoms with E-state index in [0.29, 0.717) is 17.8 Å². The summed E-state index contributed by atoms with van der Waals surface area (Å²) in [6, 6.07) is 8.72. The summed E-state index contributed by atoms with van der Waals surface area (Å²) in [6.45, 7) is 4.21. The first-order chi connectivity index (χ1) is 11.8. The largest absolute Gasteiger partial charge is 0.351 e. The molecule has 3 aromatic rings. The predicted octanol–water partition coefficient (Wildman–Crippen LogP) is 3.33. The third-order valence-electron chi connectivity index (χ3n) is 4.81. The minimum absolute atomic E-state index is 0.133. The predicted molar refractivity (Wildman–Crippen MR) is 90.2 cm³/mol. The number of likely N-dealkylation sites (tertiary alicyclic amines) is 1. The summed E-state index contributed by atoms with van der Waals surface area (Å²) in [5, 5.41) is 4.10. The highest BCUT2D eigenvalue weighted by Gasteiger charge is 2.27. The smallest absolute Gasteiger partial charge is 0.244 e. The van der Waals surface area contributed by atoms with Crippen molar-refractivity contribution in [1.82, 2.24) is 24.6 Å². The third kappa shape index (κ3) is 2.97. The quantitative estimate of drug-likeness (QED) is 0.737. The maximum absolute atomic E-state index is 5.50. The number of nitrogens with zero attached hydrogens (tertiary/aromatic N) is 5. The lowest BCUT2D eigenvalue weighted by Gasteiger charge is -2.35. The van der Waals surface area contributed by atoms with Crippen molar-refractivity contribution < 1.29 is 4.52 Å². The van der Waals surface area contributed by atoms with Crippen LogP contribution in [-0.4, -0.2) is 37.7 Å². The van der Waals surface area contributed by atoms with Gasteiger partial charge in [0.05, 0.1) is 6.04 Å². The normalized spacial score (nSPS) is 17.9. The lowest BCUT2D eigenvalue weighted by Crippen LogP contribution is -2.36. The van der Waals surface area contributed by atoms with Crippen molar-refractivity contribution in [3.05, 3.63) is 54.9 Å². The minimum Gasteiger partial charge on any atom is -0.351 e. The second-order valence-corrected chi connectivity index (χ2v) is 6.27. The fourth-order valence-corrected chi connectivity index (χ4v) is 3.34. The van der Waals surface area contributed by atoms with E-state index in [2.05, 4.69) is 56.0 Å². The highest BCUT2D eigenvalue weighted by molar-refractivity contribution is 5.51. The highest BCUT2D eigenvalue weighted by atomic mass is 16.5. The summed E-state index contributed by atoms with van der Waals surface area (Å²) in [5.74, 6) is 1.28. The number of hydrogen-bond acceptors (Lipinski definition) is 5. The molecule has 4 rings (SSSR count). The van der Waals surface area contributed by atoms with Gasteiger partial charge in [-0.2, -0.15) is 4.98 Å². The van der Waals surface area contributed by atoms with Gasteiger partial charge < -0.3 is 9.09 Å². The molecule has 1 atom stereocenters. The monoisotopic (exact) mass is 323 g/mol. The van der Waals surface area contributed by atoms with Crippen LogP contribution in [0.3, 0.4) is 0 Å². The molecule has 0 aromatic carbocycles. The first-order valence-electron chi connectivity index (χ1n) is 8.42. The van der Waals surface area contributed by atoms with Crippen LogP contribution in [0.2, 0.25) is 0 Å². The SMILES string of the molecule is CC(c1nc(-c2cccnc2)no1)N1CCC(n2cccc2)CC1. The molecule has 0 amide bonds. The molecule has 0 bridgehead atoms. The van der Waals surface area contributed by atoms with Gasteiger partial charge in [-0.3, -0.25) is 9.88 Å². The molecule has 6 nitrogen and oxygen atoms in total. The van der Waals surface area contributed by atoms with Crippen molar-refractivity contribution in [1.29, 1.82) is 0 Å². The first kappa shape index (κ1) is 15.1. The van der Waals surface area contributed by atoms with Gasteiger partial charge in [-0.05, 0) is 44.0 Å². The standard InChI is InChI=1S/C18H21N5O/c1-14(18-20-17(21-24-18)15-5-4-8-19-13-15)22-11-6-16(7-12-22)23-9-2-3-10-23/h2-5,8-10,13-14,16H,6-7,11-12H2,1H3. The molecule has 0 radical (unpaired) electrons. The van der Waals surface area contributed by atoms with E-state index in [1.54, 1.807) is 12.4 Å². The van der Waals surface area contributed by atoms with Gasteiger partial charge in [-0.15, -0.1) is 0 Å². The summed E-state index contributed by atoms with van der Waals surface area (Å²) in [4.78, 5) is 11.1. The molecule has 0 spiro atoms. The van der Waals surface area contributed by atoms with E-state index in [0.717, 1.165) is 31.5 Å². The average molecular weight is 323 g/mol. The van der Waals surface area contributed by atoms with E-state index >= 15 is 0 Å². The Hall–Kier alpha value is -2.47. The van der Waals surface area contributed by atoms with Crippen LogP contribution in [0.1, 0.15) is 37.7 Å². The van der Waals surface area contributed by atoms with Crippen LogP contribution in [0.5, 0.6) is 0 Å². The molecule has 1 aliphatic heterocycles. The Morgan fingerprint density at radius 1 is 1.17 bits per heavy atom. The van der Waals surface area contributed by atoms with Gasteiger partial charge in [0.15, 0.2) is 0 Å². The van der Waals surface area contributed by atoms with Gasteiger partial charge >= 0.3 is 0 Å². The number of aromatic nitrogens is 4. The van der Waals surface area contributed by atoms with Crippen molar-refractivity contribution in [2.45, 2.75) is 31.8 Å².